The van der Waals surface area contributed by atoms with Crippen LogP contribution < -0.4 is 0 Å². The molecule has 98 valence electrons. The highest BCUT2D eigenvalue weighted by Crippen LogP contribution is 2.14. The lowest BCUT2D eigenvalue weighted by molar-refractivity contribution is 0.590. The lowest BCUT2D eigenvalue weighted by Crippen LogP contribution is -2.16. The van der Waals surface area contributed by atoms with Crippen molar-refractivity contribution in [1.29, 1.82) is 0 Å². The summed E-state index contributed by atoms with van der Waals surface area (Å²) in [5.41, 5.74) is 0.0458. The van der Waals surface area contributed by atoms with Gasteiger partial charge in [-0.1, -0.05) is 0 Å². The summed E-state index contributed by atoms with van der Waals surface area (Å²) >= 11 is 0. The van der Waals surface area contributed by atoms with Crippen molar-refractivity contribution in [2.24, 2.45) is 0 Å². The molecule has 0 radical (unpaired) electrons. The van der Waals surface area contributed by atoms with Crippen molar-refractivity contribution in [3.63, 3.8) is 0 Å². The summed E-state index contributed by atoms with van der Waals surface area (Å²) in [6, 6.07) is 0. The van der Waals surface area contributed by atoms with Gasteiger partial charge >= 0.3 is 0 Å². The van der Waals surface area contributed by atoms with Crippen molar-refractivity contribution in [2.75, 3.05) is 11.5 Å². The summed E-state index contributed by atoms with van der Waals surface area (Å²) in [6.45, 7) is 0. The van der Waals surface area contributed by atoms with Gasteiger partial charge in [0.15, 0.2) is 5.65 Å². The molecule has 0 aliphatic carbocycles. The number of rotatable bonds is 4. The Kier molecular flexibility index (Phi) is 3.25. The molecule has 0 saturated carbocycles. The Morgan fingerprint density at radius 1 is 1.22 bits per heavy atom. The largest absolute Gasteiger partial charge is 0.285 e. The van der Waals surface area contributed by atoms with E-state index >= 15 is 0 Å². The highest BCUT2D eigenvalue weighted by molar-refractivity contribution is 8.14. The second-order valence-electron chi connectivity index (χ2n) is 3.36. The van der Waals surface area contributed by atoms with Crippen LogP contribution in [0.3, 0.4) is 0 Å². The molecule has 8 nitrogen and oxygen atoms in total. The van der Waals surface area contributed by atoms with Crippen LogP contribution in [0.15, 0.2) is 23.7 Å². The molecule has 2 aromatic rings. The van der Waals surface area contributed by atoms with Gasteiger partial charge in [0.2, 0.25) is 23.9 Å². The minimum Gasteiger partial charge on any atom is -0.285 e. The maximum absolute atomic E-state index is 11.9. The van der Waals surface area contributed by atoms with E-state index in [2.05, 4.69) is 15.2 Å². The lowest BCUT2D eigenvalue weighted by atomic mass is 10.7. The number of hydrogen-bond donors (Lipinski definition) is 0. The molecule has 0 saturated heterocycles. The Morgan fingerprint density at radius 2 is 1.94 bits per heavy atom. The van der Waals surface area contributed by atoms with Gasteiger partial charge < -0.3 is 0 Å². The standard InChI is InChI=1S/C7H7ClN4O4S2/c8-18(15,16)4-3-17(13,14)7-6-11-10-5-12(6)2-1-9-7/h1-2,5H,3-4H2. The molecule has 0 atom stereocenters. The third-order valence-corrected chi connectivity index (χ3v) is 5.11. The molecule has 0 bridgehead atoms. The minimum atomic E-state index is -3.89. The van der Waals surface area contributed by atoms with Gasteiger partial charge in [-0.15, -0.1) is 10.2 Å². The molecule has 0 fully saturated rings. The van der Waals surface area contributed by atoms with Crippen molar-refractivity contribution in [1.82, 2.24) is 19.6 Å². The molecule has 2 rings (SSSR count). The zero-order valence-corrected chi connectivity index (χ0v) is 11.2. The normalized spacial score (nSPS) is 12.9. The lowest BCUT2D eigenvalue weighted by Gasteiger charge is -2.02. The van der Waals surface area contributed by atoms with E-state index in [9.17, 15) is 16.8 Å². The van der Waals surface area contributed by atoms with Gasteiger partial charge in [0.05, 0.1) is 11.5 Å². The molecule has 0 unspecified atom stereocenters. The maximum atomic E-state index is 11.9. The van der Waals surface area contributed by atoms with E-state index in [0.29, 0.717) is 0 Å². The van der Waals surface area contributed by atoms with Crippen LogP contribution in [0.4, 0.5) is 0 Å². The van der Waals surface area contributed by atoms with E-state index in [-0.39, 0.29) is 10.7 Å². The molecule has 0 aromatic carbocycles. The molecule has 18 heavy (non-hydrogen) atoms. The Bertz CT molecular complexity index is 783. The topological polar surface area (TPSA) is 111 Å². The first-order valence-electron chi connectivity index (χ1n) is 4.59. The fourth-order valence-electron chi connectivity index (χ4n) is 1.26. The fraction of sp³-hybridized carbons (Fsp3) is 0.286. The molecule has 0 aliphatic rings. The van der Waals surface area contributed by atoms with E-state index in [1.54, 1.807) is 0 Å². The molecule has 11 heteroatoms. The summed E-state index contributed by atoms with van der Waals surface area (Å²) < 4.78 is 46.8. The predicted octanol–water partition coefficient (Wildman–Crippen LogP) is -0.533. The number of halogens is 1. The smallest absolute Gasteiger partial charge is 0.233 e. The Hall–Kier alpha value is -1.26. The third kappa shape index (κ3) is 2.76. The third-order valence-electron chi connectivity index (χ3n) is 2.07. The van der Waals surface area contributed by atoms with E-state index in [0.717, 1.165) is 0 Å². The Balaban J connectivity index is 2.44. The zero-order valence-electron chi connectivity index (χ0n) is 8.76. The molecular formula is C7H7ClN4O4S2. The molecular weight excluding hydrogens is 304 g/mol. The van der Waals surface area contributed by atoms with Crippen molar-refractivity contribution in [3.05, 3.63) is 18.7 Å². The van der Waals surface area contributed by atoms with Crippen molar-refractivity contribution in [3.8, 4) is 0 Å². The van der Waals surface area contributed by atoms with Crippen LogP contribution in [-0.4, -0.2) is 47.9 Å². The van der Waals surface area contributed by atoms with Crippen molar-refractivity contribution >= 4 is 35.2 Å². The van der Waals surface area contributed by atoms with Crippen LogP contribution in [0.5, 0.6) is 0 Å². The number of aromatic nitrogens is 4. The van der Waals surface area contributed by atoms with Gasteiger partial charge in [-0.2, -0.15) is 0 Å². The quantitative estimate of drug-likeness (QED) is 0.697. The Labute approximate surface area is 107 Å². The summed E-state index contributed by atoms with van der Waals surface area (Å²) in [7, 11) is -2.79. The highest BCUT2D eigenvalue weighted by atomic mass is 35.7. The van der Waals surface area contributed by atoms with Crippen LogP contribution in [0.2, 0.25) is 0 Å². The zero-order chi connectivity index (χ0) is 13.4. The maximum Gasteiger partial charge on any atom is 0.233 e. The van der Waals surface area contributed by atoms with E-state index < -0.39 is 30.4 Å². The van der Waals surface area contributed by atoms with Gasteiger partial charge in [-0.25, -0.2) is 21.8 Å². The van der Waals surface area contributed by atoms with Gasteiger partial charge in [-0.05, 0) is 0 Å². The number of hydrogen-bond acceptors (Lipinski definition) is 7. The highest BCUT2D eigenvalue weighted by Gasteiger charge is 2.23. The summed E-state index contributed by atoms with van der Waals surface area (Å²) in [6.07, 6.45) is 4.05. The number of nitrogens with zero attached hydrogens (tertiary/aromatic N) is 4. The predicted molar refractivity (Wildman–Crippen MR) is 62.5 cm³/mol. The van der Waals surface area contributed by atoms with Crippen LogP contribution in [0.25, 0.3) is 5.65 Å². The first kappa shape index (κ1) is 13.2. The molecule has 0 aliphatic heterocycles. The summed E-state index contributed by atoms with van der Waals surface area (Å²) in [4.78, 5) is 3.70. The van der Waals surface area contributed by atoms with Crippen LogP contribution in [0.1, 0.15) is 0 Å². The Morgan fingerprint density at radius 3 is 2.61 bits per heavy atom. The number of sulfone groups is 1. The van der Waals surface area contributed by atoms with Gasteiger partial charge in [0.25, 0.3) is 0 Å². The van der Waals surface area contributed by atoms with Crippen LogP contribution >= 0.6 is 10.7 Å². The van der Waals surface area contributed by atoms with E-state index in [1.807, 2.05) is 0 Å². The molecule has 0 N–H and O–H groups in total. The van der Waals surface area contributed by atoms with E-state index in [4.69, 9.17) is 10.7 Å². The first-order chi connectivity index (χ1) is 8.30. The van der Waals surface area contributed by atoms with Gasteiger partial charge in [0, 0.05) is 23.1 Å². The minimum absolute atomic E-state index is 0.0458. The van der Waals surface area contributed by atoms with Crippen molar-refractivity contribution < 1.29 is 16.8 Å². The summed E-state index contributed by atoms with van der Waals surface area (Å²) in [5, 5.41) is 6.85. The molecule has 0 spiro atoms. The molecule has 2 heterocycles. The van der Waals surface area contributed by atoms with E-state index in [1.165, 1.54) is 23.1 Å². The average Bonchev–Trinajstić information content (AvgIpc) is 2.73. The first-order valence-corrected chi connectivity index (χ1v) is 8.72. The average molecular weight is 311 g/mol. The fourth-order valence-corrected chi connectivity index (χ4v) is 4.34. The monoisotopic (exact) mass is 310 g/mol. The second-order valence-corrected chi connectivity index (χ2v) is 8.28. The van der Waals surface area contributed by atoms with Gasteiger partial charge in [-0.3, -0.25) is 4.40 Å². The summed E-state index contributed by atoms with van der Waals surface area (Å²) in [5.74, 6) is -1.34. The molecule has 2 aromatic heterocycles. The number of fused-ring (bicyclic) bond motifs is 1. The van der Waals surface area contributed by atoms with Crippen LogP contribution in [-0.2, 0) is 18.9 Å². The van der Waals surface area contributed by atoms with Crippen molar-refractivity contribution in [2.45, 2.75) is 5.03 Å². The SMILES string of the molecule is O=S(=O)(Cl)CCS(=O)(=O)c1nccn2cnnc12. The van der Waals surface area contributed by atoms with Gasteiger partial charge in [0.1, 0.15) is 6.33 Å². The molecule has 0 amide bonds. The second kappa shape index (κ2) is 4.44. The van der Waals surface area contributed by atoms with Crippen LogP contribution in [0, 0.1) is 0 Å².